The van der Waals surface area contributed by atoms with Crippen molar-refractivity contribution in [3.63, 3.8) is 0 Å². The van der Waals surface area contributed by atoms with Crippen LogP contribution in [0.4, 0.5) is 0 Å². The summed E-state index contributed by atoms with van der Waals surface area (Å²) in [5.74, 6) is 1.81. The molecule has 0 atom stereocenters. The SMILES string of the molecule is COCCCc1cnc(CCCNC(C)(C)C)o1. The average molecular weight is 254 g/mol. The van der Waals surface area contributed by atoms with Crippen LogP contribution >= 0.6 is 0 Å². The molecular weight excluding hydrogens is 228 g/mol. The lowest BCUT2D eigenvalue weighted by atomic mass is 10.1. The van der Waals surface area contributed by atoms with Crippen LogP contribution in [0, 0.1) is 0 Å². The maximum Gasteiger partial charge on any atom is 0.194 e. The fraction of sp³-hybridized carbons (Fsp3) is 0.786. The Bertz CT molecular complexity index is 329. The van der Waals surface area contributed by atoms with Crippen molar-refractivity contribution in [1.82, 2.24) is 10.3 Å². The van der Waals surface area contributed by atoms with Crippen molar-refractivity contribution in [2.45, 2.75) is 52.0 Å². The van der Waals surface area contributed by atoms with E-state index in [1.807, 2.05) is 6.20 Å². The standard InChI is InChI=1S/C14H26N2O2/c1-14(2,3)16-9-5-8-13-15-11-12(18-13)7-6-10-17-4/h11,16H,5-10H2,1-4H3. The van der Waals surface area contributed by atoms with E-state index in [2.05, 4.69) is 31.1 Å². The van der Waals surface area contributed by atoms with Crippen LogP contribution in [-0.4, -0.2) is 30.8 Å². The van der Waals surface area contributed by atoms with Crippen LogP contribution in [0.15, 0.2) is 10.6 Å². The van der Waals surface area contributed by atoms with Gasteiger partial charge in [-0.1, -0.05) is 0 Å². The molecule has 0 bridgehead atoms. The summed E-state index contributed by atoms with van der Waals surface area (Å²) in [5.41, 5.74) is 0.182. The van der Waals surface area contributed by atoms with Crippen LogP contribution in [0.3, 0.4) is 0 Å². The molecule has 0 aromatic carbocycles. The highest BCUT2D eigenvalue weighted by atomic mass is 16.5. The fourth-order valence-corrected chi connectivity index (χ4v) is 1.67. The predicted molar refractivity (Wildman–Crippen MR) is 72.8 cm³/mol. The zero-order valence-corrected chi connectivity index (χ0v) is 12.1. The molecule has 0 aliphatic heterocycles. The van der Waals surface area contributed by atoms with E-state index in [9.17, 15) is 0 Å². The first-order valence-electron chi connectivity index (χ1n) is 6.69. The van der Waals surface area contributed by atoms with Gasteiger partial charge in [0, 0.05) is 32.1 Å². The normalized spacial score (nSPS) is 12.0. The fourth-order valence-electron chi connectivity index (χ4n) is 1.67. The van der Waals surface area contributed by atoms with E-state index in [4.69, 9.17) is 9.15 Å². The second-order valence-corrected chi connectivity index (χ2v) is 5.60. The van der Waals surface area contributed by atoms with Gasteiger partial charge in [0.15, 0.2) is 5.89 Å². The summed E-state index contributed by atoms with van der Waals surface area (Å²) >= 11 is 0. The lowest BCUT2D eigenvalue weighted by molar-refractivity contribution is 0.193. The van der Waals surface area contributed by atoms with Gasteiger partial charge in [-0.05, 0) is 40.2 Å². The number of nitrogens with zero attached hydrogens (tertiary/aromatic N) is 1. The maximum absolute atomic E-state index is 5.67. The quantitative estimate of drug-likeness (QED) is 0.724. The van der Waals surface area contributed by atoms with E-state index < -0.39 is 0 Å². The van der Waals surface area contributed by atoms with Crippen molar-refractivity contribution in [3.8, 4) is 0 Å². The second-order valence-electron chi connectivity index (χ2n) is 5.60. The van der Waals surface area contributed by atoms with Crippen LogP contribution in [-0.2, 0) is 17.6 Å². The van der Waals surface area contributed by atoms with Crippen molar-refractivity contribution in [1.29, 1.82) is 0 Å². The van der Waals surface area contributed by atoms with Gasteiger partial charge < -0.3 is 14.5 Å². The molecule has 0 saturated heterocycles. The molecule has 0 fully saturated rings. The van der Waals surface area contributed by atoms with Gasteiger partial charge in [0.05, 0.1) is 6.20 Å². The molecule has 1 heterocycles. The predicted octanol–water partition coefficient (Wildman–Crippen LogP) is 2.57. The van der Waals surface area contributed by atoms with Gasteiger partial charge in [0.2, 0.25) is 0 Å². The molecule has 104 valence electrons. The molecule has 1 N–H and O–H groups in total. The smallest absolute Gasteiger partial charge is 0.194 e. The average Bonchev–Trinajstić information content (AvgIpc) is 2.72. The van der Waals surface area contributed by atoms with E-state index in [1.54, 1.807) is 7.11 Å². The number of aromatic nitrogens is 1. The minimum Gasteiger partial charge on any atom is -0.446 e. The third-order valence-corrected chi connectivity index (χ3v) is 2.60. The molecule has 0 aliphatic carbocycles. The van der Waals surface area contributed by atoms with E-state index in [1.165, 1.54) is 0 Å². The van der Waals surface area contributed by atoms with Crippen LogP contribution in [0.2, 0.25) is 0 Å². The number of hydrogen-bond donors (Lipinski definition) is 1. The highest BCUT2D eigenvalue weighted by molar-refractivity contribution is 4.94. The molecular formula is C14H26N2O2. The van der Waals surface area contributed by atoms with Gasteiger partial charge in [-0.2, -0.15) is 0 Å². The van der Waals surface area contributed by atoms with Crippen LogP contribution in [0.5, 0.6) is 0 Å². The molecule has 4 heteroatoms. The molecule has 0 spiro atoms. The third kappa shape index (κ3) is 6.77. The Morgan fingerprint density at radius 3 is 2.72 bits per heavy atom. The number of methoxy groups -OCH3 is 1. The summed E-state index contributed by atoms with van der Waals surface area (Å²) in [6, 6.07) is 0. The highest BCUT2D eigenvalue weighted by Gasteiger charge is 2.08. The van der Waals surface area contributed by atoms with Gasteiger partial charge in [-0.15, -0.1) is 0 Å². The van der Waals surface area contributed by atoms with Crippen molar-refractivity contribution in [3.05, 3.63) is 17.8 Å². The Morgan fingerprint density at radius 1 is 1.28 bits per heavy atom. The first kappa shape index (κ1) is 15.2. The number of oxazole rings is 1. The zero-order chi connectivity index (χ0) is 13.4. The van der Waals surface area contributed by atoms with Crippen LogP contribution < -0.4 is 5.32 Å². The van der Waals surface area contributed by atoms with Crippen molar-refractivity contribution >= 4 is 0 Å². The Balaban J connectivity index is 2.19. The summed E-state index contributed by atoms with van der Waals surface area (Å²) in [5, 5.41) is 3.45. The molecule has 0 saturated carbocycles. The summed E-state index contributed by atoms with van der Waals surface area (Å²) < 4.78 is 10.7. The highest BCUT2D eigenvalue weighted by Crippen LogP contribution is 2.08. The molecule has 0 amide bonds. The van der Waals surface area contributed by atoms with Crippen LogP contribution in [0.1, 0.15) is 45.3 Å². The van der Waals surface area contributed by atoms with Gasteiger partial charge in [-0.3, -0.25) is 0 Å². The summed E-state index contributed by atoms with van der Waals surface area (Å²) in [7, 11) is 1.72. The largest absolute Gasteiger partial charge is 0.446 e. The Labute approximate surface area is 110 Å². The molecule has 0 unspecified atom stereocenters. The minimum absolute atomic E-state index is 0.182. The first-order chi connectivity index (χ1) is 8.51. The molecule has 1 aromatic heterocycles. The van der Waals surface area contributed by atoms with Crippen LogP contribution in [0.25, 0.3) is 0 Å². The molecule has 1 aromatic rings. The van der Waals surface area contributed by atoms with E-state index in [-0.39, 0.29) is 5.54 Å². The third-order valence-electron chi connectivity index (χ3n) is 2.60. The lowest BCUT2D eigenvalue weighted by Crippen LogP contribution is -2.36. The maximum atomic E-state index is 5.67. The van der Waals surface area contributed by atoms with Gasteiger partial charge in [-0.25, -0.2) is 4.98 Å². The second kappa shape index (κ2) is 7.54. The lowest BCUT2D eigenvalue weighted by Gasteiger charge is -2.19. The molecule has 0 radical (unpaired) electrons. The first-order valence-corrected chi connectivity index (χ1v) is 6.69. The topological polar surface area (TPSA) is 47.3 Å². The number of rotatable bonds is 8. The van der Waals surface area contributed by atoms with E-state index >= 15 is 0 Å². The van der Waals surface area contributed by atoms with Crippen molar-refractivity contribution < 1.29 is 9.15 Å². The molecule has 18 heavy (non-hydrogen) atoms. The Hall–Kier alpha value is -0.870. The minimum atomic E-state index is 0.182. The molecule has 0 aliphatic rings. The molecule has 4 nitrogen and oxygen atoms in total. The summed E-state index contributed by atoms with van der Waals surface area (Å²) in [6.07, 6.45) is 5.67. The number of hydrogen-bond acceptors (Lipinski definition) is 4. The number of ether oxygens (including phenoxy) is 1. The monoisotopic (exact) mass is 254 g/mol. The van der Waals surface area contributed by atoms with Gasteiger partial charge in [0.25, 0.3) is 0 Å². The Kier molecular flexibility index (Phi) is 6.36. The Morgan fingerprint density at radius 2 is 2.06 bits per heavy atom. The van der Waals surface area contributed by atoms with E-state index in [0.29, 0.717) is 0 Å². The zero-order valence-electron chi connectivity index (χ0n) is 12.1. The van der Waals surface area contributed by atoms with Crippen molar-refractivity contribution in [2.24, 2.45) is 0 Å². The summed E-state index contributed by atoms with van der Waals surface area (Å²) in [4.78, 5) is 4.29. The number of aryl methyl sites for hydroxylation is 2. The number of nitrogens with one attached hydrogen (secondary N) is 1. The summed E-state index contributed by atoms with van der Waals surface area (Å²) in [6.45, 7) is 8.28. The van der Waals surface area contributed by atoms with E-state index in [0.717, 1.165) is 50.5 Å². The molecule has 1 rings (SSSR count). The van der Waals surface area contributed by atoms with Gasteiger partial charge in [0.1, 0.15) is 5.76 Å². The van der Waals surface area contributed by atoms with Gasteiger partial charge >= 0.3 is 0 Å². The van der Waals surface area contributed by atoms with Crippen molar-refractivity contribution in [2.75, 3.05) is 20.3 Å².